The van der Waals surface area contributed by atoms with E-state index in [1.54, 1.807) is 0 Å². The molecule has 0 saturated heterocycles. The van der Waals surface area contributed by atoms with Crippen molar-refractivity contribution in [3.05, 3.63) is 57.8 Å². The summed E-state index contributed by atoms with van der Waals surface area (Å²) >= 11 is 11.3. The second-order valence-corrected chi connectivity index (χ2v) is 4.34. The van der Waals surface area contributed by atoms with Gasteiger partial charge in [-0.15, -0.1) is 0 Å². The van der Waals surface area contributed by atoms with Crippen LogP contribution in [-0.2, 0) is 0 Å². The summed E-state index contributed by atoms with van der Waals surface area (Å²) in [6, 6.07) is 4.61. The molecule has 0 aliphatic carbocycles. The molecule has 0 fully saturated rings. The fourth-order valence-electron chi connectivity index (χ4n) is 1.35. The summed E-state index contributed by atoms with van der Waals surface area (Å²) in [5.41, 5.74) is 0.138. The summed E-state index contributed by atoms with van der Waals surface area (Å²) in [6.45, 7) is 0. The van der Waals surface area contributed by atoms with Crippen LogP contribution >= 0.6 is 23.2 Å². The fraction of sp³-hybridized carbons (Fsp3) is 0. The van der Waals surface area contributed by atoms with Crippen LogP contribution in [0.5, 0.6) is 0 Å². The molecule has 0 aliphatic heterocycles. The zero-order valence-corrected chi connectivity index (χ0v) is 10.8. The first-order valence-corrected chi connectivity index (χ1v) is 5.80. The van der Waals surface area contributed by atoms with E-state index in [0.717, 1.165) is 18.3 Å². The van der Waals surface area contributed by atoms with Crippen LogP contribution < -0.4 is 5.32 Å². The van der Waals surface area contributed by atoms with Gasteiger partial charge in [0.05, 0.1) is 16.8 Å². The summed E-state index contributed by atoms with van der Waals surface area (Å²) < 4.78 is 25.9. The summed E-state index contributed by atoms with van der Waals surface area (Å²) in [6.07, 6.45) is 0.897. The highest BCUT2D eigenvalue weighted by Gasteiger charge is 2.13. The minimum atomic E-state index is -0.688. The van der Waals surface area contributed by atoms with Gasteiger partial charge in [0, 0.05) is 5.69 Å². The Hall–Kier alpha value is -1.72. The largest absolute Gasteiger partial charge is 0.322 e. The average Bonchev–Trinajstić information content (AvgIpc) is 2.36. The molecule has 0 radical (unpaired) electrons. The number of nitrogens with one attached hydrogen (secondary N) is 1. The van der Waals surface area contributed by atoms with Crippen LogP contribution in [0.3, 0.4) is 0 Å². The van der Waals surface area contributed by atoms with Crippen molar-refractivity contribution in [3.8, 4) is 0 Å². The summed E-state index contributed by atoms with van der Waals surface area (Å²) in [5.74, 6) is -1.96. The molecule has 2 aromatic rings. The van der Waals surface area contributed by atoms with Crippen LogP contribution in [0.25, 0.3) is 0 Å². The van der Waals surface area contributed by atoms with E-state index in [1.807, 2.05) is 0 Å². The van der Waals surface area contributed by atoms with Gasteiger partial charge >= 0.3 is 0 Å². The van der Waals surface area contributed by atoms with Crippen molar-refractivity contribution in [2.24, 2.45) is 0 Å². The molecule has 1 aromatic heterocycles. The number of benzene rings is 1. The van der Waals surface area contributed by atoms with Gasteiger partial charge in [-0.25, -0.2) is 13.8 Å². The first kappa shape index (κ1) is 13.7. The standard InChI is InChI=1S/C12H6Cl2F2N2O/c13-9-4-7(1-2-10(9)16)18-12(19)8-3-6(15)5-17-11(8)14/h1-5H,(H,18,19). The SMILES string of the molecule is O=C(Nc1ccc(F)c(Cl)c1)c1cc(F)cnc1Cl. The number of carbonyl (C=O) groups excluding carboxylic acids is 1. The molecule has 0 spiro atoms. The van der Waals surface area contributed by atoms with E-state index in [4.69, 9.17) is 23.2 Å². The van der Waals surface area contributed by atoms with E-state index in [0.29, 0.717) is 0 Å². The minimum absolute atomic E-state index is 0.123. The van der Waals surface area contributed by atoms with Crippen molar-refractivity contribution in [2.45, 2.75) is 0 Å². The Kier molecular flexibility index (Phi) is 3.97. The highest BCUT2D eigenvalue weighted by molar-refractivity contribution is 6.33. The van der Waals surface area contributed by atoms with Crippen LogP contribution in [0.15, 0.2) is 30.5 Å². The van der Waals surface area contributed by atoms with Crippen molar-refractivity contribution in [3.63, 3.8) is 0 Å². The highest BCUT2D eigenvalue weighted by atomic mass is 35.5. The lowest BCUT2D eigenvalue weighted by atomic mass is 10.2. The van der Waals surface area contributed by atoms with E-state index >= 15 is 0 Å². The number of carbonyl (C=O) groups is 1. The average molecular weight is 303 g/mol. The first-order valence-electron chi connectivity index (χ1n) is 5.05. The maximum atomic E-state index is 13.0. The third-order valence-corrected chi connectivity index (χ3v) is 2.82. The Labute approximate surface area is 117 Å². The molecule has 98 valence electrons. The van der Waals surface area contributed by atoms with E-state index in [9.17, 15) is 13.6 Å². The van der Waals surface area contributed by atoms with Crippen molar-refractivity contribution in [2.75, 3.05) is 5.32 Å². The Balaban J connectivity index is 2.25. The molecule has 1 aromatic carbocycles. The van der Waals surface area contributed by atoms with Gasteiger partial charge in [-0.05, 0) is 24.3 Å². The van der Waals surface area contributed by atoms with Crippen LogP contribution in [0, 0.1) is 11.6 Å². The van der Waals surface area contributed by atoms with Gasteiger partial charge in [-0.2, -0.15) is 0 Å². The molecule has 19 heavy (non-hydrogen) atoms. The van der Waals surface area contributed by atoms with E-state index in [2.05, 4.69) is 10.3 Å². The predicted molar refractivity (Wildman–Crippen MR) is 68.6 cm³/mol. The molecule has 2 rings (SSSR count). The summed E-state index contributed by atoms with van der Waals surface area (Å²) in [7, 11) is 0. The normalized spacial score (nSPS) is 10.3. The summed E-state index contributed by atoms with van der Waals surface area (Å²) in [5, 5.41) is 2.14. The molecule has 0 bridgehead atoms. The number of amides is 1. The van der Waals surface area contributed by atoms with Gasteiger partial charge < -0.3 is 5.32 Å². The third-order valence-electron chi connectivity index (χ3n) is 2.23. The van der Waals surface area contributed by atoms with Gasteiger partial charge in [0.25, 0.3) is 5.91 Å². The van der Waals surface area contributed by atoms with Crippen LogP contribution in [0.4, 0.5) is 14.5 Å². The quantitative estimate of drug-likeness (QED) is 0.854. The summed E-state index contributed by atoms with van der Waals surface area (Å²) in [4.78, 5) is 15.4. The predicted octanol–water partition coefficient (Wildman–Crippen LogP) is 3.92. The van der Waals surface area contributed by atoms with Gasteiger partial charge in [0.2, 0.25) is 0 Å². The Morgan fingerprint density at radius 2 is 1.95 bits per heavy atom. The topological polar surface area (TPSA) is 42.0 Å². The van der Waals surface area contributed by atoms with E-state index < -0.39 is 17.5 Å². The van der Waals surface area contributed by atoms with Gasteiger partial charge in [0.1, 0.15) is 16.8 Å². The third kappa shape index (κ3) is 3.19. The van der Waals surface area contributed by atoms with Crippen molar-refractivity contribution in [1.29, 1.82) is 0 Å². The molecule has 1 N–H and O–H groups in total. The molecule has 0 atom stereocenters. The second-order valence-electron chi connectivity index (χ2n) is 3.57. The zero-order chi connectivity index (χ0) is 14.0. The smallest absolute Gasteiger partial charge is 0.258 e. The highest BCUT2D eigenvalue weighted by Crippen LogP contribution is 2.21. The Morgan fingerprint density at radius 3 is 2.63 bits per heavy atom. The maximum Gasteiger partial charge on any atom is 0.258 e. The molecule has 3 nitrogen and oxygen atoms in total. The second kappa shape index (κ2) is 5.50. The van der Waals surface area contributed by atoms with Gasteiger partial charge in [-0.3, -0.25) is 4.79 Å². The van der Waals surface area contributed by atoms with Crippen molar-refractivity contribution >= 4 is 34.8 Å². The lowest BCUT2D eigenvalue weighted by Crippen LogP contribution is -2.13. The fourth-order valence-corrected chi connectivity index (χ4v) is 1.72. The van der Waals surface area contributed by atoms with Crippen LogP contribution in [0.1, 0.15) is 10.4 Å². The van der Waals surface area contributed by atoms with Gasteiger partial charge in [-0.1, -0.05) is 23.2 Å². The molecule has 0 unspecified atom stereocenters. The minimum Gasteiger partial charge on any atom is -0.322 e. The molecular formula is C12H6Cl2F2N2O. The van der Waals surface area contributed by atoms with Crippen LogP contribution in [-0.4, -0.2) is 10.9 Å². The molecule has 0 saturated carbocycles. The first-order chi connectivity index (χ1) is 8.97. The lowest BCUT2D eigenvalue weighted by molar-refractivity contribution is 0.102. The van der Waals surface area contributed by atoms with Crippen molar-refractivity contribution in [1.82, 2.24) is 4.98 Å². The molecule has 7 heteroatoms. The number of hydrogen-bond donors (Lipinski definition) is 1. The molecule has 1 heterocycles. The van der Waals surface area contributed by atoms with Crippen molar-refractivity contribution < 1.29 is 13.6 Å². The number of anilines is 1. The number of nitrogens with zero attached hydrogens (tertiary/aromatic N) is 1. The van der Waals surface area contributed by atoms with E-state index in [1.165, 1.54) is 12.1 Å². The van der Waals surface area contributed by atoms with Gasteiger partial charge in [0.15, 0.2) is 0 Å². The Morgan fingerprint density at radius 1 is 1.21 bits per heavy atom. The number of hydrogen-bond acceptors (Lipinski definition) is 2. The number of pyridine rings is 1. The number of aromatic nitrogens is 1. The number of rotatable bonds is 2. The lowest BCUT2D eigenvalue weighted by Gasteiger charge is -2.07. The molecule has 0 aliphatic rings. The van der Waals surface area contributed by atoms with E-state index in [-0.39, 0.29) is 21.4 Å². The Bertz CT molecular complexity index is 650. The maximum absolute atomic E-state index is 13.0. The number of halogens is 4. The monoisotopic (exact) mass is 302 g/mol. The zero-order valence-electron chi connectivity index (χ0n) is 9.25. The molecule has 1 amide bonds. The van der Waals surface area contributed by atoms with Crippen LogP contribution in [0.2, 0.25) is 10.2 Å². The molecular weight excluding hydrogens is 297 g/mol.